The normalized spacial score (nSPS) is 18.9. The first-order valence-electron chi connectivity index (χ1n) is 6.17. The van der Waals surface area contributed by atoms with E-state index in [9.17, 15) is 5.11 Å². The average molecular weight is 235 g/mol. The quantitative estimate of drug-likeness (QED) is 0.871. The summed E-state index contributed by atoms with van der Waals surface area (Å²) in [4.78, 5) is 4.50. The van der Waals surface area contributed by atoms with Gasteiger partial charge in [-0.1, -0.05) is 0 Å². The van der Waals surface area contributed by atoms with Gasteiger partial charge in [0.25, 0.3) is 0 Å². The van der Waals surface area contributed by atoms with E-state index in [1.54, 1.807) is 7.11 Å². The van der Waals surface area contributed by atoms with Crippen LogP contribution in [0.4, 0.5) is 0 Å². The Morgan fingerprint density at radius 2 is 2.12 bits per heavy atom. The van der Waals surface area contributed by atoms with E-state index in [4.69, 9.17) is 4.74 Å². The van der Waals surface area contributed by atoms with E-state index in [0.29, 0.717) is 0 Å². The molecule has 0 aromatic carbocycles. The van der Waals surface area contributed by atoms with Gasteiger partial charge < -0.3 is 9.84 Å². The lowest BCUT2D eigenvalue weighted by Gasteiger charge is -2.20. The molecule has 0 bridgehead atoms. The fraction of sp³-hybridized carbons (Fsp3) is 0.643. The highest BCUT2D eigenvalue weighted by molar-refractivity contribution is 5.41. The Balaban J connectivity index is 2.28. The molecule has 1 N–H and O–H groups in total. The van der Waals surface area contributed by atoms with Crippen molar-refractivity contribution in [3.05, 3.63) is 23.0 Å². The molecule has 1 aliphatic rings. The maximum absolute atomic E-state index is 9.82. The third-order valence-electron chi connectivity index (χ3n) is 4.05. The van der Waals surface area contributed by atoms with Gasteiger partial charge in [0.05, 0.1) is 13.2 Å². The van der Waals surface area contributed by atoms with E-state index in [-0.39, 0.29) is 11.5 Å². The van der Waals surface area contributed by atoms with Crippen LogP contribution in [0.2, 0.25) is 0 Å². The minimum absolute atomic E-state index is 0.0675. The number of hydrogen-bond donors (Lipinski definition) is 1. The highest BCUT2D eigenvalue weighted by Gasteiger charge is 2.47. The first-order chi connectivity index (χ1) is 8.00. The molecule has 17 heavy (non-hydrogen) atoms. The number of nitrogens with zero attached hydrogens (tertiary/aromatic N) is 1. The molecule has 3 heteroatoms. The van der Waals surface area contributed by atoms with E-state index >= 15 is 0 Å². The molecule has 0 spiro atoms. The zero-order chi connectivity index (χ0) is 12.6. The third kappa shape index (κ3) is 2.16. The number of rotatable bonds is 4. The summed E-state index contributed by atoms with van der Waals surface area (Å²) >= 11 is 0. The van der Waals surface area contributed by atoms with Gasteiger partial charge in [0.2, 0.25) is 0 Å². The average Bonchev–Trinajstić information content (AvgIpc) is 3.04. The molecule has 3 nitrogen and oxygen atoms in total. The van der Waals surface area contributed by atoms with Crippen molar-refractivity contribution in [1.82, 2.24) is 4.98 Å². The number of aliphatic hydroxyl groups is 1. The summed E-state index contributed by atoms with van der Waals surface area (Å²) in [5.41, 5.74) is 3.30. The molecule has 0 radical (unpaired) electrons. The molecule has 1 saturated carbocycles. The van der Waals surface area contributed by atoms with Crippen molar-refractivity contribution in [2.45, 2.75) is 46.1 Å². The number of pyridine rings is 1. The predicted octanol–water partition coefficient (Wildman–Crippen LogP) is 2.41. The molecular weight excluding hydrogens is 214 g/mol. The second-order valence-corrected chi connectivity index (χ2v) is 5.26. The van der Waals surface area contributed by atoms with Crippen LogP contribution in [0.15, 0.2) is 6.20 Å². The van der Waals surface area contributed by atoms with Gasteiger partial charge in [-0.15, -0.1) is 0 Å². The first-order valence-corrected chi connectivity index (χ1v) is 6.17. The van der Waals surface area contributed by atoms with E-state index in [1.165, 1.54) is 0 Å². The fourth-order valence-electron chi connectivity index (χ4n) is 2.49. The van der Waals surface area contributed by atoms with Crippen molar-refractivity contribution in [3.63, 3.8) is 0 Å². The van der Waals surface area contributed by atoms with Crippen LogP contribution in [0.5, 0.6) is 5.75 Å². The Labute approximate surface area is 103 Å². The molecule has 1 aliphatic carbocycles. The zero-order valence-corrected chi connectivity index (χ0v) is 11.1. The molecular formula is C14H21NO2. The van der Waals surface area contributed by atoms with Gasteiger partial charge in [0, 0.05) is 28.4 Å². The van der Waals surface area contributed by atoms with E-state index < -0.39 is 0 Å². The summed E-state index contributed by atoms with van der Waals surface area (Å²) in [5, 5.41) is 9.82. The Bertz CT molecular complexity index is 422. The van der Waals surface area contributed by atoms with Crippen molar-refractivity contribution >= 4 is 0 Å². The molecule has 1 aromatic rings. The molecule has 0 saturated heterocycles. The molecule has 1 unspecified atom stereocenters. The van der Waals surface area contributed by atoms with Crippen molar-refractivity contribution in [1.29, 1.82) is 0 Å². The smallest absolute Gasteiger partial charge is 0.128 e. The summed E-state index contributed by atoms with van der Waals surface area (Å²) in [5.74, 6) is 0.927. The molecule has 0 amide bonds. The van der Waals surface area contributed by atoms with E-state index in [2.05, 4.69) is 4.98 Å². The Kier molecular flexibility index (Phi) is 3.13. The number of methoxy groups -OCH3 is 1. The lowest BCUT2D eigenvalue weighted by atomic mass is 9.92. The summed E-state index contributed by atoms with van der Waals surface area (Å²) in [7, 11) is 1.70. The maximum Gasteiger partial charge on any atom is 0.128 e. The van der Waals surface area contributed by atoms with Crippen LogP contribution >= 0.6 is 0 Å². The van der Waals surface area contributed by atoms with Crippen LogP contribution in [0.3, 0.4) is 0 Å². The summed E-state index contributed by atoms with van der Waals surface area (Å²) in [6.07, 6.45) is 4.66. The summed E-state index contributed by atoms with van der Waals surface area (Å²) < 4.78 is 5.41. The second-order valence-electron chi connectivity index (χ2n) is 5.26. The molecule has 2 rings (SSSR count). The molecule has 1 fully saturated rings. The zero-order valence-electron chi connectivity index (χ0n) is 11.1. The van der Waals surface area contributed by atoms with Gasteiger partial charge in [-0.3, -0.25) is 4.98 Å². The highest BCUT2D eigenvalue weighted by atomic mass is 16.5. The van der Waals surface area contributed by atoms with Crippen molar-refractivity contribution < 1.29 is 9.84 Å². The van der Waals surface area contributed by atoms with Crippen LogP contribution < -0.4 is 4.74 Å². The van der Waals surface area contributed by atoms with Gasteiger partial charge in [0.1, 0.15) is 5.75 Å². The Morgan fingerprint density at radius 3 is 2.59 bits per heavy atom. The predicted molar refractivity (Wildman–Crippen MR) is 67.3 cm³/mol. The van der Waals surface area contributed by atoms with Crippen LogP contribution in [0.25, 0.3) is 0 Å². The van der Waals surface area contributed by atoms with Crippen LogP contribution in [0, 0.1) is 19.3 Å². The van der Waals surface area contributed by atoms with E-state index in [1.807, 2.05) is 27.0 Å². The van der Waals surface area contributed by atoms with Gasteiger partial charge in [-0.25, -0.2) is 0 Å². The first kappa shape index (κ1) is 12.4. The maximum atomic E-state index is 9.82. The van der Waals surface area contributed by atoms with Crippen LogP contribution in [-0.4, -0.2) is 23.3 Å². The van der Waals surface area contributed by atoms with E-state index in [0.717, 1.165) is 41.8 Å². The Morgan fingerprint density at radius 1 is 1.47 bits per heavy atom. The topological polar surface area (TPSA) is 42.4 Å². The van der Waals surface area contributed by atoms with Gasteiger partial charge in [-0.2, -0.15) is 0 Å². The van der Waals surface area contributed by atoms with Crippen molar-refractivity contribution in [2.24, 2.45) is 5.41 Å². The molecule has 1 heterocycles. The van der Waals surface area contributed by atoms with Gasteiger partial charge in [-0.05, 0) is 40.0 Å². The number of hydrogen-bond acceptors (Lipinski definition) is 3. The fourth-order valence-corrected chi connectivity index (χ4v) is 2.49. The minimum atomic E-state index is -0.254. The molecule has 0 aliphatic heterocycles. The summed E-state index contributed by atoms with van der Waals surface area (Å²) in [6, 6.07) is 0. The lowest BCUT2D eigenvalue weighted by Crippen LogP contribution is -2.21. The number of ether oxygens (including phenoxy) is 1. The van der Waals surface area contributed by atoms with Gasteiger partial charge >= 0.3 is 0 Å². The number of aromatic nitrogens is 1. The largest absolute Gasteiger partial charge is 0.496 e. The SMILES string of the molecule is COc1c(C)cnc(CC2(C(C)O)CC2)c1C. The molecule has 1 aromatic heterocycles. The third-order valence-corrected chi connectivity index (χ3v) is 4.05. The molecule has 94 valence electrons. The van der Waals surface area contributed by atoms with Crippen LogP contribution in [-0.2, 0) is 6.42 Å². The van der Waals surface area contributed by atoms with Crippen molar-refractivity contribution in [2.75, 3.05) is 7.11 Å². The molecule has 1 atom stereocenters. The lowest BCUT2D eigenvalue weighted by molar-refractivity contribution is 0.109. The summed E-state index contributed by atoms with van der Waals surface area (Å²) in [6.45, 7) is 5.93. The number of aryl methyl sites for hydroxylation is 1. The number of aliphatic hydroxyl groups excluding tert-OH is 1. The standard InChI is InChI=1S/C14H21NO2/c1-9-8-15-12(10(2)13(9)17-4)7-14(5-6-14)11(3)16/h8,11,16H,5-7H2,1-4H3. The Hall–Kier alpha value is -1.09. The van der Waals surface area contributed by atoms with Crippen LogP contribution in [0.1, 0.15) is 36.6 Å². The highest BCUT2D eigenvalue weighted by Crippen LogP contribution is 2.51. The monoisotopic (exact) mass is 235 g/mol. The second kappa shape index (κ2) is 4.30. The minimum Gasteiger partial charge on any atom is -0.496 e. The van der Waals surface area contributed by atoms with Gasteiger partial charge in [0.15, 0.2) is 0 Å². The van der Waals surface area contributed by atoms with Crippen molar-refractivity contribution in [3.8, 4) is 5.75 Å².